The molecular formula is C18H28N2O2. The second-order valence-corrected chi connectivity index (χ2v) is 5.81. The highest BCUT2D eigenvalue weighted by molar-refractivity contribution is 5.95. The van der Waals surface area contributed by atoms with E-state index in [4.69, 9.17) is 4.74 Å². The summed E-state index contributed by atoms with van der Waals surface area (Å²) in [5.41, 5.74) is 4.26. The van der Waals surface area contributed by atoms with Crippen LogP contribution >= 0.6 is 0 Å². The molecule has 0 spiro atoms. The molecule has 22 heavy (non-hydrogen) atoms. The quantitative estimate of drug-likeness (QED) is 0.543. The van der Waals surface area contributed by atoms with Gasteiger partial charge in [0.15, 0.2) is 0 Å². The molecule has 0 aliphatic rings. The Morgan fingerprint density at radius 2 is 1.91 bits per heavy atom. The third-order valence-electron chi connectivity index (χ3n) is 3.24. The van der Waals surface area contributed by atoms with Crippen molar-refractivity contribution in [3.05, 3.63) is 29.8 Å². The lowest BCUT2D eigenvalue weighted by atomic mass is 10.1. The van der Waals surface area contributed by atoms with E-state index in [2.05, 4.69) is 38.2 Å². The van der Waals surface area contributed by atoms with Crippen LogP contribution in [0.2, 0.25) is 0 Å². The number of hydrazone groups is 1. The van der Waals surface area contributed by atoms with Gasteiger partial charge in [-0.05, 0) is 49.4 Å². The van der Waals surface area contributed by atoms with Crippen molar-refractivity contribution < 1.29 is 9.53 Å². The van der Waals surface area contributed by atoms with Crippen molar-refractivity contribution in [1.82, 2.24) is 5.43 Å². The minimum atomic E-state index is -0.183. The van der Waals surface area contributed by atoms with E-state index >= 15 is 0 Å². The first-order valence-electron chi connectivity index (χ1n) is 8.15. The van der Waals surface area contributed by atoms with Gasteiger partial charge in [-0.15, -0.1) is 0 Å². The highest BCUT2D eigenvalue weighted by Crippen LogP contribution is 2.13. The highest BCUT2D eigenvalue weighted by atomic mass is 16.5. The van der Waals surface area contributed by atoms with Crippen molar-refractivity contribution in [2.24, 2.45) is 11.0 Å². The third kappa shape index (κ3) is 6.74. The fourth-order valence-corrected chi connectivity index (χ4v) is 1.85. The van der Waals surface area contributed by atoms with Crippen molar-refractivity contribution >= 4 is 11.6 Å². The first kappa shape index (κ1) is 18.2. The number of ether oxygens (including phenoxy) is 1. The van der Waals surface area contributed by atoms with Gasteiger partial charge in [0.05, 0.1) is 6.61 Å². The molecule has 1 rings (SSSR count). The number of nitrogens with zero attached hydrogens (tertiary/aromatic N) is 1. The fourth-order valence-electron chi connectivity index (χ4n) is 1.85. The summed E-state index contributed by atoms with van der Waals surface area (Å²) in [6, 6.07) is 7.16. The Morgan fingerprint density at radius 3 is 2.45 bits per heavy atom. The first-order valence-corrected chi connectivity index (χ1v) is 8.15. The molecule has 0 radical (unpaired) electrons. The maximum Gasteiger partial charge on any atom is 0.271 e. The lowest BCUT2D eigenvalue weighted by Gasteiger charge is -2.09. The Balaban J connectivity index is 2.56. The molecule has 0 fully saturated rings. The van der Waals surface area contributed by atoms with E-state index in [1.165, 1.54) is 0 Å². The molecular weight excluding hydrogens is 276 g/mol. The van der Waals surface area contributed by atoms with Crippen LogP contribution in [0.1, 0.15) is 63.7 Å². The summed E-state index contributed by atoms with van der Waals surface area (Å²) in [4.78, 5) is 12.1. The van der Waals surface area contributed by atoms with Crippen LogP contribution < -0.4 is 10.2 Å². The Kier molecular flexibility index (Phi) is 8.26. The van der Waals surface area contributed by atoms with Gasteiger partial charge in [-0.2, -0.15) is 5.10 Å². The maximum absolute atomic E-state index is 12.1. The minimum absolute atomic E-state index is 0.183. The zero-order valence-electron chi connectivity index (χ0n) is 14.2. The molecule has 0 bridgehead atoms. The van der Waals surface area contributed by atoms with E-state index in [0.717, 1.165) is 37.1 Å². The number of rotatable bonds is 9. The zero-order chi connectivity index (χ0) is 16.4. The molecule has 122 valence electrons. The van der Waals surface area contributed by atoms with E-state index in [1.807, 2.05) is 12.1 Å². The molecule has 4 nitrogen and oxygen atoms in total. The van der Waals surface area contributed by atoms with Gasteiger partial charge in [-0.1, -0.05) is 34.1 Å². The number of nitrogens with one attached hydrogen (secondary N) is 1. The fraction of sp³-hybridized carbons (Fsp3) is 0.556. The molecule has 0 aromatic heterocycles. The van der Waals surface area contributed by atoms with Crippen LogP contribution in [-0.2, 0) is 0 Å². The van der Waals surface area contributed by atoms with Gasteiger partial charge in [-0.3, -0.25) is 4.79 Å². The highest BCUT2D eigenvalue weighted by Gasteiger charge is 2.06. The molecule has 0 atom stereocenters. The topological polar surface area (TPSA) is 50.7 Å². The predicted molar refractivity (Wildman–Crippen MR) is 91.5 cm³/mol. The van der Waals surface area contributed by atoms with Gasteiger partial charge in [0, 0.05) is 11.3 Å². The second-order valence-electron chi connectivity index (χ2n) is 5.81. The molecule has 0 aliphatic heterocycles. The lowest BCUT2D eigenvalue weighted by molar-refractivity contribution is 0.0954. The molecule has 0 heterocycles. The molecule has 0 saturated heterocycles. The molecule has 1 aromatic rings. The molecule has 0 aliphatic carbocycles. The Labute approximate surface area is 134 Å². The normalized spacial score (nSPS) is 11.6. The van der Waals surface area contributed by atoms with Gasteiger partial charge in [0.25, 0.3) is 5.91 Å². The summed E-state index contributed by atoms with van der Waals surface area (Å²) in [5.74, 6) is 1.08. The van der Waals surface area contributed by atoms with Crippen LogP contribution in [0.3, 0.4) is 0 Å². The molecule has 0 saturated carbocycles. The second kappa shape index (κ2) is 9.98. The average Bonchev–Trinajstić information content (AvgIpc) is 2.53. The number of hydrogen-bond donors (Lipinski definition) is 1. The number of carbonyl (C=O) groups excluding carboxylic acids is 1. The SMILES string of the molecule is CCCC/C(CC)=N/NC(=O)c1ccc(OCC(C)C)cc1. The van der Waals surface area contributed by atoms with E-state index < -0.39 is 0 Å². The minimum Gasteiger partial charge on any atom is -0.493 e. The van der Waals surface area contributed by atoms with Gasteiger partial charge >= 0.3 is 0 Å². The van der Waals surface area contributed by atoms with Crippen molar-refractivity contribution in [2.45, 2.75) is 53.4 Å². The summed E-state index contributed by atoms with van der Waals surface area (Å²) >= 11 is 0. The molecule has 4 heteroatoms. The average molecular weight is 304 g/mol. The van der Waals surface area contributed by atoms with Crippen molar-refractivity contribution in [3.63, 3.8) is 0 Å². The Hall–Kier alpha value is -1.84. The van der Waals surface area contributed by atoms with Crippen LogP contribution in [0.4, 0.5) is 0 Å². The summed E-state index contributed by atoms with van der Waals surface area (Å²) in [7, 11) is 0. The standard InChI is InChI=1S/C18H28N2O2/c1-5-7-8-16(6-2)19-20-18(21)15-9-11-17(12-10-15)22-13-14(3)4/h9-12,14H,5-8,13H2,1-4H3,(H,20,21)/b19-16+. The Bertz CT molecular complexity index is 478. The van der Waals surface area contributed by atoms with Crippen LogP contribution in [0, 0.1) is 5.92 Å². The van der Waals surface area contributed by atoms with E-state index in [-0.39, 0.29) is 5.91 Å². The molecule has 1 amide bonds. The van der Waals surface area contributed by atoms with Crippen molar-refractivity contribution in [2.75, 3.05) is 6.61 Å². The molecule has 1 N–H and O–H groups in total. The first-order chi connectivity index (χ1) is 10.6. The van der Waals surface area contributed by atoms with Gasteiger partial charge in [0.1, 0.15) is 5.75 Å². The number of carbonyl (C=O) groups is 1. The largest absolute Gasteiger partial charge is 0.493 e. The molecule has 0 unspecified atom stereocenters. The van der Waals surface area contributed by atoms with Gasteiger partial charge in [0.2, 0.25) is 0 Å². The van der Waals surface area contributed by atoms with E-state index in [1.54, 1.807) is 12.1 Å². The smallest absolute Gasteiger partial charge is 0.271 e. The number of amides is 1. The predicted octanol–water partition coefficient (Wildman–Crippen LogP) is 4.41. The third-order valence-corrected chi connectivity index (χ3v) is 3.24. The van der Waals surface area contributed by atoms with Crippen molar-refractivity contribution in [3.8, 4) is 5.75 Å². The van der Waals surface area contributed by atoms with Gasteiger partial charge < -0.3 is 4.74 Å². The maximum atomic E-state index is 12.1. The lowest BCUT2D eigenvalue weighted by Crippen LogP contribution is -2.19. The molecule has 1 aromatic carbocycles. The van der Waals surface area contributed by atoms with E-state index in [0.29, 0.717) is 18.1 Å². The summed E-state index contributed by atoms with van der Waals surface area (Å²) in [6.45, 7) is 9.08. The van der Waals surface area contributed by atoms with Crippen LogP contribution in [-0.4, -0.2) is 18.2 Å². The monoisotopic (exact) mass is 304 g/mol. The summed E-state index contributed by atoms with van der Waals surface area (Å²) in [5, 5.41) is 4.22. The zero-order valence-corrected chi connectivity index (χ0v) is 14.2. The summed E-state index contributed by atoms with van der Waals surface area (Å²) in [6.07, 6.45) is 4.03. The van der Waals surface area contributed by atoms with Gasteiger partial charge in [-0.25, -0.2) is 5.43 Å². The van der Waals surface area contributed by atoms with Crippen LogP contribution in [0.25, 0.3) is 0 Å². The van der Waals surface area contributed by atoms with E-state index in [9.17, 15) is 4.79 Å². The number of unbranched alkanes of at least 4 members (excludes halogenated alkanes) is 1. The van der Waals surface area contributed by atoms with Crippen molar-refractivity contribution in [1.29, 1.82) is 0 Å². The number of hydrogen-bond acceptors (Lipinski definition) is 3. The van der Waals surface area contributed by atoms with Crippen LogP contribution in [0.15, 0.2) is 29.4 Å². The Morgan fingerprint density at radius 1 is 1.23 bits per heavy atom. The van der Waals surface area contributed by atoms with Crippen LogP contribution in [0.5, 0.6) is 5.75 Å². The summed E-state index contributed by atoms with van der Waals surface area (Å²) < 4.78 is 5.60. The number of benzene rings is 1.